The van der Waals surface area contributed by atoms with E-state index in [4.69, 9.17) is 4.74 Å². The second-order valence-corrected chi connectivity index (χ2v) is 4.92. The van der Waals surface area contributed by atoms with Crippen LogP contribution in [-0.2, 0) is 6.18 Å². The Bertz CT molecular complexity index is 447. The molecule has 1 aromatic heterocycles. The molecular formula is C13H18F3N3O. The monoisotopic (exact) mass is 289 g/mol. The molecule has 7 heteroatoms. The zero-order valence-corrected chi connectivity index (χ0v) is 11.3. The quantitative estimate of drug-likeness (QED) is 0.834. The summed E-state index contributed by atoms with van der Waals surface area (Å²) in [5, 5.41) is 2.76. The highest BCUT2D eigenvalue weighted by Gasteiger charge is 2.34. The minimum Gasteiger partial charge on any atom is -0.478 e. The topological polar surface area (TPSA) is 47.0 Å². The molecule has 2 rings (SSSR count). The Balaban J connectivity index is 2.06. The zero-order chi connectivity index (χ0) is 14.6. The average Bonchev–Trinajstić information content (AvgIpc) is 3.19. The van der Waals surface area contributed by atoms with Gasteiger partial charge in [-0.1, -0.05) is 19.8 Å². The molecule has 1 aromatic rings. The van der Waals surface area contributed by atoms with E-state index in [2.05, 4.69) is 15.3 Å². The number of aromatic nitrogens is 2. The molecule has 0 bridgehead atoms. The number of hydrogen-bond acceptors (Lipinski definition) is 4. The van der Waals surface area contributed by atoms with E-state index in [1.807, 2.05) is 6.92 Å². The summed E-state index contributed by atoms with van der Waals surface area (Å²) in [6.07, 6.45) is -0.491. The second-order valence-electron chi connectivity index (χ2n) is 4.92. The fraction of sp³-hybridized carbons (Fsp3) is 0.692. The predicted octanol–water partition coefficient (Wildman–Crippen LogP) is 3.50. The number of nitrogens with one attached hydrogen (secondary N) is 1. The molecule has 4 nitrogen and oxygen atoms in total. The molecule has 0 atom stereocenters. The van der Waals surface area contributed by atoms with Crippen molar-refractivity contribution in [2.45, 2.75) is 38.8 Å². The lowest BCUT2D eigenvalue weighted by molar-refractivity contribution is -0.141. The number of anilines is 1. The average molecular weight is 289 g/mol. The third-order valence-corrected chi connectivity index (χ3v) is 3.00. The third-order valence-electron chi connectivity index (χ3n) is 3.00. The van der Waals surface area contributed by atoms with Crippen LogP contribution in [0.3, 0.4) is 0 Å². The van der Waals surface area contributed by atoms with Crippen LogP contribution in [0.25, 0.3) is 0 Å². The Morgan fingerprint density at radius 2 is 2.10 bits per heavy atom. The van der Waals surface area contributed by atoms with Crippen molar-refractivity contribution < 1.29 is 17.9 Å². The first-order valence-electron chi connectivity index (χ1n) is 6.82. The highest BCUT2D eigenvalue weighted by atomic mass is 19.4. The molecule has 0 saturated heterocycles. The Morgan fingerprint density at radius 1 is 1.35 bits per heavy atom. The highest BCUT2D eigenvalue weighted by Crippen LogP contribution is 2.33. The van der Waals surface area contributed by atoms with Gasteiger partial charge in [-0.25, -0.2) is 4.98 Å². The van der Waals surface area contributed by atoms with Gasteiger partial charge in [-0.05, 0) is 18.8 Å². The van der Waals surface area contributed by atoms with E-state index < -0.39 is 11.9 Å². The Morgan fingerprint density at radius 3 is 2.70 bits per heavy atom. The smallest absolute Gasteiger partial charge is 0.433 e. The van der Waals surface area contributed by atoms with Gasteiger partial charge in [0.2, 0.25) is 11.8 Å². The van der Waals surface area contributed by atoms with Crippen LogP contribution in [0.5, 0.6) is 5.88 Å². The highest BCUT2D eigenvalue weighted by molar-refractivity contribution is 5.31. The molecule has 0 spiro atoms. The summed E-state index contributed by atoms with van der Waals surface area (Å²) in [5.74, 6) is 0.603. The molecule has 1 N–H and O–H groups in total. The molecule has 112 valence electrons. The summed E-state index contributed by atoms with van der Waals surface area (Å²) in [6.45, 7) is 2.82. The fourth-order valence-electron chi connectivity index (χ4n) is 1.70. The summed E-state index contributed by atoms with van der Waals surface area (Å²) < 4.78 is 43.6. The van der Waals surface area contributed by atoms with Crippen molar-refractivity contribution in [1.29, 1.82) is 0 Å². The standard InChI is InChI=1S/C13H18F3N3O/c1-2-6-17-12-18-10(13(14,15)16)8-11(19-12)20-7-5-9-3-4-9/h8-9H,2-7H2,1H3,(H,17,18,19). The minimum absolute atomic E-state index is 0.0217. The molecule has 1 aliphatic carbocycles. The first-order chi connectivity index (χ1) is 9.49. The van der Waals surface area contributed by atoms with Gasteiger partial charge in [0.15, 0.2) is 5.69 Å². The molecule has 1 fully saturated rings. The van der Waals surface area contributed by atoms with E-state index >= 15 is 0 Å². The van der Waals surface area contributed by atoms with Crippen LogP contribution in [0.1, 0.15) is 38.3 Å². The number of nitrogens with zero attached hydrogens (tertiary/aromatic N) is 2. The van der Waals surface area contributed by atoms with Gasteiger partial charge in [-0.2, -0.15) is 18.2 Å². The van der Waals surface area contributed by atoms with E-state index in [-0.39, 0.29) is 11.8 Å². The molecule has 1 heterocycles. The van der Waals surface area contributed by atoms with Gasteiger partial charge in [-0.3, -0.25) is 0 Å². The van der Waals surface area contributed by atoms with E-state index in [0.717, 1.165) is 18.9 Å². The second kappa shape index (κ2) is 6.28. The summed E-state index contributed by atoms with van der Waals surface area (Å²) in [5.41, 5.74) is -0.979. The number of alkyl halides is 3. The van der Waals surface area contributed by atoms with Crippen molar-refractivity contribution >= 4 is 5.95 Å². The first-order valence-corrected chi connectivity index (χ1v) is 6.82. The van der Waals surface area contributed by atoms with Crippen LogP contribution in [0.4, 0.5) is 19.1 Å². The van der Waals surface area contributed by atoms with Crippen LogP contribution in [0.15, 0.2) is 6.07 Å². The third kappa shape index (κ3) is 4.54. The van der Waals surface area contributed by atoms with Crippen LogP contribution >= 0.6 is 0 Å². The van der Waals surface area contributed by atoms with E-state index in [0.29, 0.717) is 19.1 Å². The summed E-state index contributed by atoms with van der Waals surface area (Å²) in [4.78, 5) is 7.43. The summed E-state index contributed by atoms with van der Waals surface area (Å²) >= 11 is 0. The van der Waals surface area contributed by atoms with Crippen molar-refractivity contribution in [2.75, 3.05) is 18.5 Å². The molecule has 0 unspecified atom stereocenters. The van der Waals surface area contributed by atoms with Crippen molar-refractivity contribution in [2.24, 2.45) is 5.92 Å². The molecule has 0 radical (unpaired) electrons. The molecule has 0 aromatic carbocycles. The molecule has 1 saturated carbocycles. The van der Waals surface area contributed by atoms with Crippen LogP contribution < -0.4 is 10.1 Å². The maximum absolute atomic E-state index is 12.8. The number of hydrogen-bond donors (Lipinski definition) is 1. The van der Waals surface area contributed by atoms with Crippen molar-refractivity contribution in [3.05, 3.63) is 11.8 Å². The normalized spacial score (nSPS) is 15.2. The van der Waals surface area contributed by atoms with Crippen LogP contribution in [0.2, 0.25) is 0 Å². The SMILES string of the molecule is CCCNc1nc(OCCC2CC2)cc(C(F)(F)F)n1. The minimum atomic E-state index is -4.50. The van der Waals surface area contributed by atoms with E-state index in [1.165, 1.54) is 12.8 Å². The molecule has 1 aliphatic rings. The number of halogens is 3. The zero-order valence-electron chi connectivity index (χ0n) is 11.3. The molecule has 0 aliphatic heterocycles. The first kappa shape index (κ1) is 14.9. The Hall–Kier alpha value is -1.53. The number of rotatable bonds is 7. The summed E-state index contributed by atoms with van der Waals surface area (Å²) in [6, 6.07) is 0.851. The van der Waals surface area contributed by atoms with Gasteiger partial charge >= 0.3 is 6.18 Å². The van der Waals surface area contributed by atoms with Gasteiger partial charge in [0.1, 0.15) is 0 Å². The summed E-state index contributed by atoms with van der Waals surface area (Å²) in [7, 11) is 0. The van der Waals surface area contributed by atoms with Gasteiger partial charge in [-0.15, -0.1) is 0 Å². The lowest BCUT2D eigenvalue weighted by Gasteiger charge is -2.12. The predicted molar refractivity (Wildman–Crippen MR) is 68.7 cm³/mol. The maximum atomic E-state index is 12.8. The molecule has 0 amide bonds. The van der Waals surface area contributed by atoms with Crippen molar-refractivity contribution in [3.63, 3.8) is 0 Å². The van der Waals surface area contributed by atoms with E-state index in [1.54, 1.807) is 0 Å². The van der Waals surface area contributed by atoms with Crippen LogP contribution in [-0.4, -0.2) is 23.1 Å². The maximum Gasteiger partial charge on any atom is 0.433 e. The molecular weight excluding hydrogens is 271 g/mol. The van der Waals surface area contributed by atoms with Gasteiger partial charge in [0.25, 0.3) is 0 Å². The van der Waals surface area contributed by atoms with Crippen LogP contribution in [0, 0.1) is 5.92 Å². The Kier molecular flexibility index (Phi) is 4.67. The molecule has 20 heavy (non-hydrogen) atoms. The van der Waals surface area contributed by atoms with E-state index in [9.17, 15) is 13.2 Å². The van der Waals surface area contributed by atoms with Gasteiger partial charge < -0.3 is 10.1 Å². The van der Waals surface area contributed by atoms with Gasteiger partial charge in [0.05, 0.1) is 6.61 Å². The lowest BCUT2D eigenvalue weighted by atomic mass is 10.3. The van der Waals surface area contributed by atoms with Crippen molar-refractivity contribution in [1.82, 2.24) is 9.97 Å². The van der Waals surface area contributed by atoms with Crippen molar-refractivity contribution in [3.8, 4) is 5.88 Å². The fourth-order valence-corrected chi connectivity index (χ4v) is 1.70. The Labute approximate surface area is 115 Å². The largest absolute Gasteiger partial charge is 0.478 e. The van der Waals surface area contributed by atoms with Gasteiger partial charge in [0, 0.05) is 12.6 Å². The number of ether oxygens (including phenoxy) is 1. The lowest BCUT2D eigenvalue weighted by Crippen LogP contribution is -2.14.